The fourth-order valence-electron chi connectivity index (χ4n) is 4.22. The van der Waals surface area contributed by atoms with Crippen LogP contribution in [-0.2, 0) is 15.1 Å². The molecule has 0 aliphatic carbocycles. The average molecular weight is 371 g/mol. The van der Waals surface area contributed by atoms with E-state index in [0.29, 0.717) is 0 Å². The molecule has 0 saturated carbocycles. The summed E-state index contributed by atoms with van der Waals surface area (Å²) in [6.07, 6.45) is 1.38. The second-order valence-electron chi connectivity index (χ2n) is 7.18. The summed E-state index contributed by atoms with van der Waals surface area (Å²) in [6.45, 7) is 3.73. The number of carbonyl (C=O) groups excluding carboxylic acids is 1. The lowest BCUT2D eigenvalue weighted by atomic mass is 9.78. The Morgan fingerprint density at radius 1 is 0.893 bits per heavy atom. The highest BCUT2D eigenvalue weighted by atomic mass is 16.5. The molecule has 3 aromatic rings. The van der Waals surface area contributed by atoms with Gasteiger partial charge in [0.05, 0.1) is 5.69 Å². The Balaban J connectivity index is 2.05. The number of anilines is 1. The van der Waals surface area contributed by atoms with Crippen molar-refractivity contribution in [3.05, 3.63) is 102 Å². The van der Waals surface area contributed by atoms with E-state index >= 15 is 0 Å². The third kappa shape index (κ3) is 2.92. The molecular formula is C25H25NO2. The van der Waals surface area contributed by atoms with Crippen molar-refractivity contribution in [1.29, 1.82) is 0 Å². The van der Waals surface area contributed by atoms with Gasteiger partial charge in [0.25, 0.3) is 0 Å². The summed E-state index contributed by atoms with van der Waals surface area (Å²) in [4.78, 5) is 14.4. The monoisotopic (exact) mass is 371 g/mol. The lowest BCUT2D eigenvalue weighted by Crippen LogP contribution is -2.52. The Hall–Kier alpha value is -2.91. The van der Waals surface area contributed by atoms with Crippen LogP contribution in [0.4, 0.5) is 5.69 Å². The molecule has 1 heterocycles. The number of ether oxygens (including phenoxy) is 1. The van der Waals surface area contributed by atoms with Gasteiger partial charge in [0, 0.05) is 12.5 Å². The van der Waals surface area contributed by atoms with Crippen LogP contribution in [0.3, 0.4) is 0 Å². The van der Waals surface area contributed by atoms with Crippen LogP contribution in [0.5, 0.6) is 0 Å². The minimum atomic E-state index is -0.759. The summed E-state index contributed by atoms with van der Waals surface area (Å²) >= 11 is 0. The molecule has 1 atom stereocenters. The summed E-state index contributed by atoms with van der Waals surface area (Å²) in [7, 11) is 0. The topological polar surface area (TPSA) is 29.5 Å². The first-order chi connectivity index (χ1) is 13.7. The zero-order valence-corrected chi connectivity index (χ0v) is 16.3. The third-order valence-corrected chi connectivity index (χ3v) is 5.38. The van der Waals surface area contributed by atoms with Crippen molar-refractivity contribution in [1.82, 2.24) is 0 Å². The average Bonchev–Trinajstić information content (AvgIpc) is 2.74. The number of para-hydroxylation sites is 1. The second kappa shape index (κ2) is 7.61. The van der Waals surface area contributed by atoms with Gasteiger partial charge >= 0.3 is 0 Å². The van der Waals surface area contributed by atoms with Gasteiger partial charge in [0.2, 0.25) is 5.91 Å². The van der Waals surface area contributed by atoms with Crippen molar-refractivity contribution in [2.75, 3.05) is 4.90 Å². The zero-order valence-electron chi connectivity index (χ0n) is 16.3. The van der Waals surface area contributed by atoms with Gasteiger partial charge in [-0.3, -0.25) is 9.69 Å². The minimum absolute atomic E-state index is 0.000577. The first kappa shape index (κ1) is 18.5. The Bertz CT molecular complexity index is 913. The summed E-state index contributed by atoms with van der Waals surface area (Å²) in [5.41, 5.74) is 3.29. The maximum Gasteiger partial charge on any atom is 0.225 e. The molecule has 4 rings (SSSR count). The number of nitrogens with zero attached hydrogens (tertiary/aromatic N) is 1. The maximum atomic E-state index is 12.6. The zero-order chi connectivity index (χ0) is 19.6. The van der Waals surface area contributed by atoms with E-state index in [1.54, 1.807) is 6.92 Å². The molecule has 142 valence electrons. The molecule has 1 amide bonds. The van der Waals surface area contributed by atoms with Crippen LogP contribution in [0.25, 0.3) is 0 Å². The minimum Gasteiger partial charge on any atom is -0.337 e. The van der Waals surface area contributed by atoms with Gasteiger partial charge in [-0.25, -0.2) is 0 Å². The van der Waals surface area contributed by atoms with Gasteiger partial charge in [-0.2, -0.15) is 0 Å². The van der Waals surface area contributed by atoms with Crippen LogP contribution < -0.4 is 4.90 Å². The van der Waals surface area contributed by atoms with E-state index < -0.39 is 5.60 Å². The highest BCUT2D eigenvalue weighted by Gasteiger charge is 2.47. The van der Waals surface area contributed by atoms with E-state index in [1.165, 1.54) is 0 Å². The number of hydrogen-bond acceptors (Lipinski definition) is 2. The van der Waals surface area contributed by atoms with Crippen LogP contribution in [-0.4, -0.2) is 12.1 Å². The van der Waals surface area contributed by atoms with Gasteiger partial charge in [-0.1, -0.05) is 92.2 Å². The van der Waals surface area contributed by atoms with Crippen molar-refractivity contribution in [3.8, 4) is 0 Å². The number of fused-ring (bicyclic) bond motifs is 1. The van der Waals surface area contributed by atoms with Crippen molar-refractivity contribution in [2.45, 2.75) is 38.5 Å². The van der Waals surface area contributed by atoms with Gasteiger partial charge in [-0.05, 0) is 23.6 Å². The van der Waals surface area contributed by atoms with E-state index in [2.05, 4.69) is 37.3 Å². The van der Waals surface area contributed by atoms with E-state index in [9.17, 15) is 4.79 Å². The highest BCUT2D eigenvalue weighted by Crippen LogP contribution is 2.49. The lowest BCUT2D eigenvalue weighted by Gasteiger charge is -2.48. The highest BCUT2D eigenvalue weighted by molar-refractivity contribution is 5.94. The molecule has 3 aromatic carbocycles. The summed E-state index contributed by atoms with van der Waals surface area (Å²) in [6, 6.07) is 28.7. The molecular weight excluding hydrogens is 346 g/mol. The molecule has 0 aromatic heterocycles. The molecule has 1 aliphatic rings. The fourth-order valence-corrected chi connectivity index (χ4v) is 4.22. The normalized spacial score (nSPS) is 17.8. The maximum absolute atomic E-state index is 12.6. The van der Waals surface area contributed by atoms with Crippen molar-refractivity contribution >= 4 is 11.6 Å². The van der Waals surface area contributed by atoms with Gasteiger partial charge in [0.15, 0.2) is 0 Å². The SMILES string of the molecule is CCC[C@H]1OC(c2ccccc2)(c2ccccc2)c2ccccc2N1C(C)=O. The van der Waals surface area contributed by atoms with Crippen LogP contribution >= 0.6 is 0 Å². The molecule has 3 heteroatoms. The summed E-state index contributed by atoms with van der Waals surface area (Å²) in [5, 5.41) is 0. The number of amides is 1. The quantitative estimate of drug-likeness (QED) is 0.607. The first-order valence-corrected chi connectivity index (χ1v) is 9.86. The van der Waals surface area contributed by atoms with Crippen LogP contribution in [0, 0.1) is 0 Å². The smallest absolute Gasteiger partial charge is 0.225 e. The molecule has 3 nitrogen and oxygen atoms in total. The predicted octanol–water partition coefficient (Wildman–Crippen LogP) is 5.49. The Labute approximate surface area is 166 Å². The molecule has 0 fully saturated rings. The Morgan fingerprint density at radius 3 is 1.96 bits per heavy atom. The molecule has 0 bridgehead atoms. The molecule has 0 N–H and O–H groups in total. The number of benzene rings is 3. The van der Waals surface area contributed by atoms with Crippen LogP contribution in [0.1, 0.15) is 43.4 Å². The van der Waals surface area contributed by atoms with Gasteiger partial charge in [-0.15, -0.1) is 0 Å². The number of rotatable bonds is 4. The van der Waals surface area contributed by atoms with Crippen LogP contribution in [0.2, 0.25) is 0 Å². The molecule has 0 saturated heterocycles. The van der Waals surface area contributed by atoms with Crippen molar-refractivity contribution in [3.63, 3.8) is 0 Å². The number of hydrogen-bond donors (Lipinski definition) is 0. The van der Waals surface area contributed by atoms with Crippen LogP contribution in [0.15, 0.2) is 84.9 Å². The standard InChI is InChI=1S/C25H25NO2/c1-3-12-24-26(19(2)27)23-18-11-10-17-22(23)25(28-24,20-13-6-4-7-14-20)21-15-8-5-9-16-21/h4-11,13-18,24H,3,12H2,1-2H3/t24-/m1/s1. The van der Waals surface area contributed by atoms with E-state index in [1.807, 2.05) is 59.5 Å². The molecule has 0 unspecified atom stereocenters. The van der Waals surface area contributed by atoms with E-state index in [-0.39, 0.29) is 12.1 Å². The summed E-state index contributed by atoms with van der Waals surface area (Å²) < 4.78 is 6.89. The second-order valence-corrected chi connectivity index (χ2v) is 7.18. The molecule has 0 spiro atoms. The molecule has 1 aliphatic heterocycles. The fraction of sp³-hybridized carbons (Fsp3) is 0.240. The first-order valence-electron chi connectivity index (χ1n) is 9.86. The van der Waals surface area contributed by atoms with Crippen molar-refractivity contribution in [2.24, 2.45) is 0 Å². The number of carbonyl (C=O) groups is 1. The van der Waals surface area contributed by atoms with Crippen molar-refractivity contribution < 1.29 is 9.53 Å². The molecule has 0 radical (unpaired) electrons. The Morgan fingerprint density at radius 2 is 1.43 bits per heavy atom. The largest absolute Gasteiger partial charge is 0.337 e. The third-order valence-electron chi connectivity index (χ3n) is 5.38. The van der Waals surface area contributed by atoms with Gasteiger partial charge in [0.1, 0.15) is 11.8 Å². The van der Waals surface area contributed by atoms with Gasteiger partial charge < -0.3 is 4.74 Å². The Kier molecular flexibility index (Phi) is 5.01. The molecule has 28 heavy (non-hydrogen) atoms. The lowest BCUT2D eigenvalue weighted by molar-refractivity contribution is -0.124. The van der Waals surface area contributed by atoms with E-state index in [4.69, 9.17) is 4.74 Å². The van der Waals surface area contributed by atoms with E-state index in [0.717, 1.165) is 35.2 Å². The predicted molar refractivity (Wildman–Crippen MR) is 112 cm³/mol. The summed E-state index contributed by atoms with van der Waals surface area (Å²) in [5.74, 6) is 0.000577.